The minimum Gasteiger partial charge on any atom is -0.351 e. The van der Waals surface area contributed by atoms with Crippen molar-refractivity contribution in [1.82, 2.24) is 10.2 Å². The van der Waals surface area contributed by atoms with Crippen LogP contribution in [-0.4, -0.2) is 51.2 Å². The molecule has 31 heavy (non-hydrogen) atoms. The van der Waals surface area contributed by atoms with Crippen molar-refractivity contribution in [1.29, 1.82) is 0 Å². The van der Waals surface area contributed by atoms with Crippen molar-refractivity contribution in [2.45, 2.75) is 43.6 Å². The molecule has 2 aromatic carbocycles. The molecule has 2 aromatic rings. The Hall–Kier alpha value is -2.38. The van der Waals surface area contributed by atoms with Gasteiger partial charge in [-0.15, -0.1) is 0 Å². The number of nitrogens with one attached hydrogen (secondary N) is 2. The largest absolute Gasteiger partial charge is 0.351 e. The number of hydrogen-bond donors (Lipinski definition) is 2. The van der Waals surface area contributed by atoms with Crippen molar-refractivity contribution in [3.05, 3.63) is 65.7 Å². The summed E-state index contributed by atoms with van der Waals surface area (Å²) >= 11 is 0. The topological polar surface area (TPSA) is 78.5 Å². The smallest absolute Gasteiger partial charge is 0.230 e. The van der Waals surface area contributed by atoms with Crippen LogP contribution in [0.4, 0.5) is 5.69 Å². The molecule has 0 radical (unpaired) electrons. The fraction of sp³-hybridized carbons (Fsp3) is 0.458. The summed E-state index contributed by atoms with van der Waals surface area (Å²) in [6.07, 6.45) is 5.93. The number of carbonyl (C=O) groups excluding carboxylic acids is 1. The molecule has 6 nitrogen and oxygen atoms in total. The highest BCUT2D eigenvalue weighted by Crippen LogP contribution is 2.49. The van der Waals surface area contributed by atoms with E-state index in [2.05, 4.69) is 27.1 Å². The number of amides is 1. The molecule has 7 heteroatoms. The van der Waals surface area contributed by atoms with Crippen LogP contribution < -0.4 is 10.0 Å². The standard InChI is InChI=1S/C24H31N3O3S/c1-31(29,30)26-21-11-7-10-20(17-21)24(12-13-24)23(28)25-22(18-27-14-5-6-15-27)16-19-8-3-2-4-9-19/h2-4,7-11,17,22,26H,5-6,12-16,18H2,1H3,(H,25,28). The van der Waals surface area contributed by atoms with E-state index in [1.807, 2.05) is 30.3 Å². The van der Waals surface area contributed by atoms with Gasteiger partial charge in [0.15, 0.2) is 0 Å². The average Bonchev–Trinajstić information content (AvgIpc) is 3.39. The van der Waals surface area contributed by atoms with E-state index in [0.717, 1.165) is 50.7 Å². The molecule has 1 saturated carbocycles. The van der Waals surface area contributed by atoms with E-state index >= 15 is 0 Å². The maximum Gasteiger partial charge on any atom is 0.230 e. The lowest BCUT2D eigenvalue weighted by Crippen LogP contribution is -2.48. The Kier molecular flexibility index (Phi) is 6.34. The predicted octanol–water partition coefficient (Wildman–Crippen LogP) is 2.91. The molecule has 1 unspecified atom stereocenters. The molecule has 4 rings (SSSR count). The van der Waals surface area contributed by atoms with Gasteiger partial charge in [-0.05, 0) is 68.5 Å². The van der Waals surface area contributed by atoms with Gasteiger partial charge in [0.05, 0.1) is 11.7 Å². The molecule has 2 fully saturated rings. The fourth-order valence-corrected chi connectivity index (χ4v) is 5.08. The number of sulfonamides is 1. The minimum atomic E-state index is -3.36. The van der Waals surface area contributed by atoms with Gasteiger partial charge < -0.3 is 10.2 Å². The monoisotopic (exact) mass is 441 g/mol. The summed E-state index contributed by atoms with van der Waals surface area (Å²) in [5, 5.41) is 3.34. The second kappa shape index (κ2) is 9.01. The molecule has 0 bridgehead atoms. The van der Waals surface area contributed by atoms with Crippen molar-refractivity contribution in [2.75, 3.05) is 30.6 Å². The number of nitrogens with zero attached hydrogens (tertiary/aromatic N) is 1. The minimum absolute atomic E-state index is 0.0443. The highest BCUT2D eigenvalue weighted by atomic mass is 32.2. The number of benzene rings is 2. The molecular weight excluding hydrogens is 410 g/mol. The van der Waals surface area contributed by atoms with E-state index < -0.39 is 15.4 Å². The second-order valence-corrected chi connectivity index (χ2v) is 10.7. The molecule has 1 saturated heterocycles. The third-order valence-electron chi connectivity index (χ3n) is 6.24. The number of anilines is 1. The molecule has 1 amide bonds. The molecule has 1 aliphatic carbocycles. The molecule has 2 aliphatic rings. The number of rotatable bonds is 9. The van der Waals surface area contributed by atoms with Crippen LogP contribution in [0.1, 0.15) is 36.8 Å². The third-order valence-corrected chi connectivity index (χ3v) is 6.85. The Bertz CT molecular complexity index is 1010. The SMILES string of the molecule is CS(=O)(=O)Nc1cccc(C2(C(=O)NC(Cc3ccccc3)CN3CCCC3)CC2)c1. The van der Waals surface area contributed by atoms with Crippen molar-refractivity contribution in [3.8, 4) is 0 Å². The van der Waals surface area contributed by atoms with Crippen LogP contribution in [0.25, 0.3) is 0 Å². The van der Waals surface area contributed by atoms with Crippen LogP contribution in [0, 0.1) is 0 Å². The number of likely N-dealkylation sites (tertiary alicyclic amines) is 1. The van der Waals surface area contributed by atoms with Gasteiger partial charge in [-0.25, -0.2) is 8.42 Å². The first-order chi connectivity index (χ1) is 14.8. The summed E-state index contributed by atoms with van der Waals surface area (Å²) in [4.78, 5) is 15.9. The van der Waals surface area contributed by atoms with Crippen molar-refractivity contribution < 1.29 is 13.2 Å². The Morgan fingerprint density at radius 2 is 1.77 bits per heavy atom. The predicted molar refractivity (Wildman–Crippen MR) is 124 cm³/mol. The van der Waals surface area contributed by atoms with Crippen molar-refractivity contribution in [2.24, 2.45) is 0 Å². The van der Waals surface area contributed by atoms with Gasteiger partial charge in [-0.2, -0.15) is 0 Å². The Morgan fingerprint density at radius 3 is 2.42 bits per heavy atom. The van der Waals surface area contributed by atoms with E-state index in [0.29, 0.717) is 5.69 Å². The van der Waals surface area contributed by atoms with Gasteiger partial charge in [0.25, 0.3) is 0 Å². The highest BCUT2D eigenvalue weighted by molar-refractivity contribution is 7.92. The lowest BCUT2D eigenvalue weighted by molar-refractivity contribution is -0.124. The van der Waals surface area contributed by atoms with Crippen molar-refractivity contribution in [3.63, 3.8) is 0 Å². The first-order valence-electron chi connectivity index (χ1n) is 11.0. The molecule has 0 spiro atoms. The molecule has 1 heterocycles. The Morgan fingerprint density at radius 1 is 1.06 bits per heavy atom. The Labute approximate surface area is 185 Å². The molecule has 2 N–H and O–H groups in total. The molecule has 166 valence electrons. The first-order valence-corrected chi connectivity index (χ1v) is 12.9. The van der Waals surface area contributed by atoms with Gasteiger partial charge >= 0.3 is 0 Å². The number of hydrogen-bond acceptors (Lipinski definition) is 4. The van der Waals surface area contributed by atoms with E-state index in [1.165, 1.54) is 18.4 Å². The maximum absolute atomic E-state index is 13.4. The molecular formula is C24H31N3O3S. The zero-order valence-electron chi connectivity index (χ0n) is 18.0. The average molecular weight is 442 g/mol. The molecule has 0 aromatic heterocycles. The van der Waals surface area contributed by atoms with E-state index in [-0.39, 0.29) is 11.9 Å². The summed E-state index contributed by atoms with van der Waals surface area (Å²) in [7, 11) is -3.36. The second-order valence-electron chi connectivity index (χ2n) is 8.90. The normalized spacial score (nSPS) is 19.0. The first kappa shape index (κ1) is 21.8. The van der Waals surface area contributed by atoms with Gasteiger partial charge in [0, 0.05) is 18.3 Å². The zero-order chi connectivity index (χ0) is 21.9. The van der Waals surface area contributed by atoms with E-state index in [9.17, 15) is 13.2 Å². The summed E-state index contributed by atoms with van der Waals surface area (Å²) in [5.41, 5.74) is 2.03. The summed E-state index contributed by atoms with van der Waals surface area (Å²) in [6, 6.07) is 17.6. The zero-order valence-corrected chi connectivity index (χ0v) is 18.8. The quantitative estimate of drug-likeness (QED) is 0.627. The summed E-state index contributed by atoms with van der Waals surface area (Å²) in [6.45, 7) is 3.03. The van der Waals surface area contributed by atoms with E-state index in [4.69, 9.17) is 0 Å². The lowest BCUT2D eigenvalue weighted by Gasteiger charge is -2.27. The van der Waals surface area contributed by atoms with Crippen molar-refractivity contribution >= 4 is 21.6 Å². The molecule has 1 atom stereocenters. The molecule has 1 aliphatic heterocycles. The van der Waals surface area contributed by atoms with Gasteiger partial charge in [-0.3, -0.25) is 9.52 Å². The lowest BCUT2D eigenvalue weighted by atomic mass is 9.93. The van der Waals surface area contributed by atoms with Crippen LogP contribution in [0.15, 0.2) is 54.6 Å². The van der Waals surface area contributed by atoms with Crippen LogP contribution in [0.5, 0.6) is 0 Å². The van der Waals surface area contributed by atoms with Crippen LogP contribution in [0.2, 0.25) is 0 Å². The van der Waals surface area contributed by atoms with E-state index in [1.54, 1.807) is 12.1 Å². The van der Waals surface area contributed by atoms with Crippen LogP contribution >= 0.6 is 0 Å². The van der Waals surface area contributed by atoms with Crippen LogP contribution in [0.3, 0.4) is 0 Å². The maximum atomic E-state index is 13.4. The third kappa shape index (κ3) is 5.66. The number of carbonyl (C=O) groups is 1. The van der Waals surface area contributed by atoms with Crippen LogP contribution in [-0.2, 0) is 26.7 Å². The van der Waals surface area contributed by atoms with Gasteiger partial charge in [-0.1, -0.05) is 42.5 Å². The van der Waals surface area contributed by atoms with Gasteiger partial charge in [0.2, 0.25) is 15.9 Å². The summed E-state index contributed by atoms with van der Waals surface area (Å²) in [5.74, 6) is 0.0455. The highest BCUT2D eigenvalue weighted by Gasteiger charge is 2.51. The Balaban J connectivity index is 1.50. The van der Waals surface area contributed by atoms with Gasteiger partial charge in [0.1, 0.15) is 0 Å². The fourth-order valence-electron chi connectivity index (χ4n) is 4.53. The summed E-state index contributed by atoms with van der Waals surface area (Å²) < 4.78 is 25.7.